The van der Waals surface area contributed by atoms with Crippen LogP contribution >= 0.6 is 0 Å². The van der Waals surface area contributed by atoms with E-state index in [1.807, 2.05) is 0 Å². The Labute approximate surface area is 404 Å². The van der Waals surface area contributed by atoms with Gasteiger partial charge in [0.1, 0.15) is 13.2 Å². The van der Waals surface area contributed by atoms with Gasteiger partial charge in [0, 0.05) is 19.3 Å². The van der Waals surface area contributed by atoms with Crippen molar-refractivity contribution >= 4 is 17.9 Å². The number of carbonyl (C=O) groups excluding carboxylic acids is 3. The van der Waals surface area contributed by atoms with Crippen molar-refractivity contribution in [2.24, 2.45) is 0 Å². The zero-order valence-electron chi connectivity index (χ0n) is 43.8. The predicted molar refractivity (Wildman–Crippen MR) is 279 cm³/mol. The van der Waals surface area contributed by atoms with Gasteiger partial charge < -0.3 is 14.2 Å². The van der Waals surface area contributed by atoms with E-state index in [1.54, 1.807) is 0 Å². The molecule has 0 aromatic carbocycles. The first-order chi connectivity index (χ1) is 32.0. The second kappa shape index (κ2) is 54.5. The summed E-state index contributed by atoms with van der Waals surface area (Å²) in [5.74, 6) is -0.864. The van der Waals surface area contributed by atoms with Crippen molar-refractivity contribution in [3.05, 3.63) is 24.3 Å². The van der Waals surface area contributed by atoms with Crippen LogP contribution in [0.3, 0.4) is 0 Å². The Morgan fingerprint density at radius 3 is 0.877 bits per heavy atom. The Hall–Kier alpha value is -2.11. The third kappa shape index (κ3) is 52.7. The predicted octanol–water partition coefficient (Wildman–Crippen LogP) is 19.1. The van der Waals surface area contributed by atoms with E-state index in [0.29, 0.717) is 19.3 Å². The van der Waals surface area contributed by atoms with Crippen LogP contribution in [0.5, 0.6) is 0 Å². The molecule has 0 aromatic rings. The number of unbranched alkanes of at least 4 members (excludes halogenated alkanes) is 38. The molecule has 0 saturated heterocycles. The summed E-state index contributed by atoms with van der Waals surface area (Å²) in [7, 11) is 0. The second-order valence-electron chi connectivity index (χ2n) is 19.6. The Morgan fingerprint density at radius 2 is 0.554 bits per heavy atom. The molecule has 0 bridgehead atoms. The molecule has 0 saturated carbocycles. The van der Waals surface area contributed by atoms with Crippen molar-refractivity contribution in [2.75, 3.05) is 13.2 Å². The minimum Gasteiger partial charge on any atom is -0.462 e. The summed E-state index contributed by atoms with van der Waals surface area (Å²) in [5, 5.41) is 0. The van der Waals surface area contributed by atoms with Crippen molar-refractivity contribution in [1.82, 2.24) is 0 Å². The van der Waals surface area contributed by atoms with Crippen LogP contribution in [0.1, 0.15) is 316 Å². The summed E-state index contributed by atoms with van der Waals surface area (Å²) in [6.45, 7) is 6.65. The van der Waals surface area contributed by atoms with Gasteiger partial charge in [0.25, 0.3) is 0 Å². The fourth-order valence-corrected chi connectivity index (χ4v) is 8.59. The summed E-state index contributed by atoms with van der Waals surface area (Å²) in [5.41, 5.74) is 0. The molecule has 1 atom stereocenters. The molecule has 0 aromatic heterocycles. The minimum absolute atomic E-state index is 0.0715. The van der Waals surface area contributed by atoms with Crippen LogP contribution in [-0.4, -0.2) is 37.2 Å². The number of hydrogen-bond acceptors (Lipinski definition) is 6. The first kappa shape index (κ1) is 62.9. The summed E-state index contributed by atoms with van der Waals surface area (Å²) in [4.78, 5) is 38.1. The van der Waals surface area contributed by atoms with Crippen LogP contribution in [0.25, 0.3) is 0 Å². The average molecular weight is 916 g/mol. The molecular formula is C59H110O6. The largest absolute Gasteiger partial charge is 0.462 e. The smallest absolute Gasteiger partial charge is 0.306 e. The van der Waals surface area contributed by atoms with Gasteiger partial charge in [0.05, 0.1) is 0 Å². The van der Waals surface area contributed by atoms with Crippen LogP contribution in [0.15, 0.2) is 24.3 Å². The van der Waals surface area contributed by atoms with Gasteiger partial charge in [-0.25, -0.2) is 0 Å². The van der Waals surface area contributed by atoms with E-state index >= 15 is 0 Å². The van der Waals surface area contributed by atoms with E-state index < -0.39 is 6.10 Å². The van der Waals surface area contributed by atoms with Crippen LogP contribution in [0.2, 0.25) is 0 Å². The summed E-state index contributed by atoms with van der Waals surface area (Å²) >= 11 is 0. The van der Waals surface area contributed by atoms with Crippen LogP contribution in [0, 0.1) is 0 Å². The Bertz CT molecular complexity index is 1050. The van der Waals surface area contributed by atoms with Crippen molar-refractivity contribution in [3.63, 3.8) is 0 Å². The van der Waals surface area contributed by atoms with Gasteiger partial charge in [0.15, 0.2) is 6.10 Å². The van der Waals surface area contributed by atoms with Gasteiger partial charge in [-0.05, 0) is 51.4 Å². The van der Waals surface area contributed by atoms with E-state index in [9.17, 15) is 14.4 Å². The van der Waals surface area contributed by atoms with Crippen molar-refractivity contribution < 1.29 is 28.6 Å². The topological polar surface area (TPSA) is 78.9 Å². The maximum atomic E-state index is 12.8. The fourth-order valence-electron chi connectivity index (χ4n) is 8.59. The third-order valence-corrected chi connectivity index (χ3v) is 13.0. The molecular weight excluding hydrogens is 805 g/mol. The van der Waals surface area contributed by atoms with Crippen molar-refractivity contribution in [3.8, 4) is 0 Å². The highest BCUT2D eigenvalue weighted by Crippen LogP contribution is 2.17. The maximum Gasteiger partial charge on any atom is 0.306 e. The lowest BCUT2D eigenvalue weighted by molar-refractivity contribution is -0.167. The lowest BCUT2D eigenvalue weighted by Crippen LogP contribution is -2.30. The zero-order chi connectivity index (χ0) is 47.2. The molecule has 0 N–H and O–H groups in total. The number of carbonyl (C=O) groups is 3. The molecule has 6 heteroatoms. The number of esters is 3. The SMILES string of the molecule is CCCCCC=CCC=CCCCCCCCC(=O)OC(COC(=O)CCCCCCCCCCCCCCC)COC(=O)CCCCCCCCCCCCCCCCCCCCC. The van der Waals surface area contributed by atoms with Gasteiger partial charge in [0.2, 0.25) is 0 Å². The van der Waals surface area contributed by atoms with Gasteiger partial charge in [-0.1, -0.05) is 270 Å². The number of hydrogen-bond donors (Lipinski definition) is 0. The van der Waals surface area contributed by atoms with Gasteiger partial charge in [-0.15, -0.1) is 0 Å². The average Bonchev–Trinajstić information content (AvgIpc) is 3.30. The molecule has 6 nitrogen and oxygen atoms in total. The number of allylic oxidation sites excluding steroid dienone is 4. The van der Waals surface area contributed by atoms with Crippen molar-refractivity contribution in [1.29, 1.82) is 0 Å². The van der Waals surface area contributed by atoms with E-state index in [1.165, 1.54) is 199 Å². The molecule has 0 amide bonds. The van der Waals surface area contributed by atoms with E-state index in [4.69, 9.17) is 14.2 Å². The standard InChI is InChI=1S/C59H110O6/c1-4-7-10-13-16-19-22-25-27-28-29-30-32-34-37-40-43-46-49-52-58(61)64-55-56(54-63-57(60)51-48-45-42-39-36-33-24-21-18-15-12-9-6-3)65-59(62)53-50-47-44-41-38-35-31-26-23-20-17-14-11-8-5-2/h17,20,26,31,56H,4-16,18-19,21-25,27-30,32-55H2,1-3H3. The van der Waals surface area contributed by atoms with E-state index in [2.05, 4.69) is 45.1 Å². The number of rotatable bonds is 53. The van der Waals surface area contributed by atoms with Gasteiger partial charge >= 0.3 is 17.9 Å². The van der Waals surface area contributed by atoms with Crippen LogP contribution in [-0.2, 0) is 28.6 Å². The molecule has 0 aliphatic carbocycles. The third-order valence-electron chi connectivity index (χ3n) is 13.0. The van der Waals surface area contributed by atoms with Crippen LogP contribution < -0.4 is 0 Å². The fraction of sp³-hybridized carbons (Fsp3) is 0.881. The Balaban J connectivity index is 4.31. The molecule has 382 valence electrons. The monoisotopic (exact) mass is 915 g/mol. The highest BCUT2D eigenvalue weighted by molar-refractivity contribution is 5.71. The van der Waals surface area contributed by atoms with Crippen molar-refractivity contribution in [2.45, 2.75) is 322 Å². The summed E-state index contributed by atoms with van der Waals surface area (Å²) in [6.07, 6.45) is 63.1. The van der Waals surface area contributed by atoms with Gasteiger partial charge in [-0.2, -0.15) is 0 Å². The molecule has 0 fully saturated rings. The molecule has 0 rings (SSSR count). The molecule has 1 unspecified atom stereocenters. The molecule has 0 aliphatic heterocycles. The lowest BCUT2D eigenvalue weighted by atomic mass is 10.0. The highest BCUT2D eigenvalue weighted by atomic mass is 16.6. The Kier molecular flexibility index (Phi) is 52.7. The second-order valence-corrected chi connectivity index (χ2v) is 19.6. The quantitative estimate of drug-likeness (QED) is 0.0262. The number of ether oxygens (including phenoxy) is 3. The van der Waals surface area contributed by atoms with Crippen LogP contribution in [0.4, 0.5) is 0 Å². The molecule has 65 heavy (non-hydrogen) atoms. The van der Waals surface area contributed by atoms with E-state index in [0.717, 1.165) is 77.0 Å². The zero-order valence-corrected chi connectivity index (χ0v) is 43.8. The molecule has 0 spiro atoms. The van der Waals surface area contributed by atoms with Gasteiger partial charge in [-0.3, -0.25) is 14.4 Å². The molecule has 0 aliphatic rings. The summed E-state index contributed by atoms with van der Waals surface area (Å²) < 4.78 is 16.9. The molecule has 0 radical (unpaired) electrons. The maximum absolute atomic E-state index is 12.8. The minimum atomic E-state index is -0.773. The first-order valence-corrected chi connectivity index (χ1v) is 28.8. The summed E-state index contributed by atoms with van der Waals surface area (Å²) in [6, 6.07) is 0. The first-order valence-electron chi connectivity index (χ1n) is 28.8. The van der Waals surface area contributed by atoms with E-state index in [-0.39, 0.29) is 31.1 Å². The molecule has 0 heterocycles. The highest BCUT2D eigenvalue weighted by Gasteiger charge is 2.19. The normalized spacial score (nSPS) is 12.1. The Morgan fingerprint density at radius 1 is 0.308 bits per heavy atom. The lowest BCUT2D eigenvalue weighted by Gasteiger charge is -2.18.